The molecule has 2 aromatic carbocycles. The minimum atomic E-state index is -4.15. The molecule has 2 bridgehead atoms. The van der Waals surface area contributed by atoms with Gasteiger partial charge in [0.2, 0.25) is 0 Å². The molecule has 2 saturated heterocycles. The molecule has 2 amide bonds. The fourth-order valence-corrected chi connectivity index (χ4v) is 4.07. The van der Waals surface area contributed by atoms with Crippen molar-refractivity contribution in [3.05, 3.63) is 64.7 Å². The molecule has 2 aliphatic heterocycles. The number of hydrogen-bond donors (Lipinski definition) is 1. The monoisotopic (exact) mass is 436 g/mol. The molecule has 2 heterocycles. The number of carbonyl (C=O) groups excluding carboxylic acids is 2. The van der Waals surface area contributed by atoms with Crippen LogP contribution in [0.4, 0.5) is 23.2 Å². The smallest absolute Gasteiger partial charge is 0.352 e. The average molecular weight is 436 g/mol. The maximum absolute atomic E-state index is 15.1. The first-order valence-corrected chi connectivity index (χ1v) is 9.84. The number of carbonyl (C=O) groups is 2. The van der Waals surface area contributed by atoms with Gasteiger partial charge in [0.1, 0.15) is 11.6 Å². The highest BCUT2D eigenvalue weighted by molar-refractivity contribution is 6.04. The summed E-state index contributed by atoms with van der Waals surface area (Å²) in [6, 6.07) is 5.38. The van der Waals surface area contributed by atoms with Gasteiger partial charge >= 0.3 is 5.92 Å². The summed E-state index contributed by atoms with van der Waals surface area (Å²) in [4.78, 5) is 26.3. The molecule has 0 radical (unpaired) electrons. The van der Waals surface area contributed by atoms with Crippen molar-refractivity contribution in [2.24, 2.45) is 0 Å². The molecule has 2 aliphatic rings. The topological polar surface area (TPSA) is 58.6 Å². The quantitative estimate of drug-likeness (QED) is 0.737. The van der Waals surface area contributed by atoms with Gasteiger partial charge in [-0.1, -0.05) is 0 Å². The van der Waals surface area contributed by atoms with Crippen molar-refractivity contribution < 1.29 is 31.9 Å². The Bertz CT molecular complexity index is 1030. The Morgan fingerprint density at radius 2 is 1.68 bits per heavy atom. The molecule has 0 spiro atoms. The molecule has 0 saturated carbocycles. The molecule has 31 heavy (non-hydrogen) atoms. The van der Waals surface area contributed by atoms with E-state index in [0.29, 0.717) is 18.9 Å². The zero-order valence-corrected chi connectivity index (χ0v) is 16.6. The first-order chi connectivity index (χ1) is 14.7. The average Bonchev–Trinajstić information content (AvgIpc) is 2.98. The van der Waals surface area contributed by atoms with E-state index in [1.807, 2.05) is 0 Å². The van der Waals surface area contributed by atoms with Gasteiger partial charge in [0.25, 0.3) is 11.8 Å². The Morgan fingerprint density at radius 3 is 2.32 bits per heavy atom. The number of nitrogens with one attached hydrogen (secondary N) is 1. The molecule has 2 aromatic rings. The second kappa shape index (κ2) is 7.96. The van der Waals surface area contributed by atoms with Crippen LogP contribution in [-0.2, 0) is 15.5 Å². The van der Waals surface area contributed by atoms with Gasteiger partial charge in [0, 0.05) is 11.3 Å². The van der Waals surface area contributed by atoms with E-state index in [2.05, 4.69) is 5.32 Å². The lowest BCUT2D eigenvalue weighted by Gasteiger charge is -2.36. The zero-order valence-electron chi connectivity index (χ0n) is 16.6. The highest BCUT2D eigenvalue weighted by atomic mass is 19.3. The van der Waals surface area contributed by atoms with Gasteiger partial charge in [-0.25, -0.2) is 8.78 Å². The standard InChI is InChI=1S/C22H20F4N2O3/c1-12-8-14(3-7-18(12)23)27-20(29)13-2-6-19(24)17(9-13)22(25,26)21(30)28-15-4-5-16(28)11-31-10-15/h2-3,6-9,15-16H,4-5,10-11H2,1H3,(H,27,29)/t15-,16+. The summed E-state index contributed by atoms with van der Waals surface area (Å²) in [6.45, 7) is 1.84. The summed E-state index contributed by atoms with van der Waals surface area (Å²) in [6.07, 6.45) is 1.10. The van der Waals surface area contributed by atoms with E-state index in [4.69, 9.17) is 4.74 Å². The van der Waals surface area contributed by atoms with E-state index in [-0.39, 0.29) is 30.0 Å². The lowest BCUT2D eigenvalue weighted by atomic mass is 10.0. The summed E-state index contributed by atoms with van der Waals surface area (Å²) in [7, 11) is 0. The molecular formula is C22H20F4N2O3. The van der Waals surface area contributed by atoms with Crippen molar-refractivity contribution in [2.75, 3.05) is 18.5 Å². The zero-order chi connectivity index (χ0) is 22.3. The third kappa shape index (κ3) is 3.89. The molecule has 1 N–H and O–H groups in total. The van der Waals surface area contributed by atoms with Crippen molar-refractivity contribution in [2.45, 2.75) is 37.8 Å². The van der Waals surface area contributed by atoms with Crippen LogP contribution in [0.15, 0.2) is 36.4 Å². The van der Waals surface area contributed by atoms with Crippen molar-refractivity contribution in [3.63, 3.8) is 0 Å². The van der Waals surface area contributed by atoms with Crippen molar-refractivity contribution in [3.8, 4) is 0 Å². The van der Waals surface area contributed by atoms with Gasteiger partial charge in [-0.2, -0.15) is 8.78 Å². The molecule has 0 unspecified atom stereocenters. The molecule has 5 nitrogen and oxygen atoms in total. The minimum absolute atomic E-state index is 0.167. The number of aryl methyl sites for hydroxylation is 1. The number of amides is 2. The predicted molar refractivity (Wildman–Crippen MR) is 104 cm³/mol. The molecule has 2 atom stereocenters. The van der Waals surface area contributed by atoms with Crippen LogP contribution < -0.4 is 5.32 Å². The molecule has 2 fully saturated rings. The minimum Gasteiger partial charge on any atom is -0.377 e. The number of morpholine rings is 1. The van der Waals surface area contributed by atoms with Crippen LogP contribution in [0, 0.1) is 18.6 Å². The van der Waals surface area contributed by atoms with Gasteiger partial charge in [0.05, 0.1) is 30.9 Å². The first kappa shape index (κ1) is 21.3. The van der Waals surface area contributed by atoms with Gasteiger partial charge in [0.15, 0.2) is 0 Å². The maximum Gasteiger partial charge on any atom is 0.352 e. The number of benzene rings is 2. The normalized spacial score (nSPS) is 20.6. The maximum atomic E-state index is 15.1. The lowest BCUT2D eigenvalue weighted by Crippen LogP contribution is -2.54. The Balaban J connectivity index is 1.60. The number of fused-ring (bicyclic) bond motifs is 2. The highest BCUT2D eigenvalue weighted by Gasteiger charge is 2.52. The van der Waals surface area contributed by atoms with E-state index < -0.39 is 47.0 Å². The number of rotatable bonds is 4. The third-order valence-corrected chi connectivity index (χ3v) is 5.73. The molecular weight excluding hydrogens is 416 g/mol. The molecule has 9 heteroatoms. The van der Waals surface area contributed by atoms with Gasteiger partial charge in [-0.3, -0.25) is 9.59 Å². The van der Waals surface area contributed by atoms with Crippen molar-refractivity contribution in [1.29, 1.82) is 0 Å². The van der Waals surface area contributed by atoms with Crippen LogP contribution in [-0.4, -0.2) is 42.0 Å². The van der Waals surface area contributed by atoms with Crippen LogP contribution in [0.1, 0.15) is 34.3 Å². The number of ether oxygens (including phenoxy) is 1. The largest absolute Gasteiger partial charge is 0.377 e. The van der Waals surface area contributed by atoms with E-state index in [0.717, 1.165) is 23.1 Å². The molecule has 4 rings (SSSR count). The van der Waals surface area contributed by atoms with Crippen LogP contribution >= 0.6 is 0 Å². The van der Waals surface area contributed by atoms with Crippen LogP contribution in [0.3, 0.4) is 0 Å². The summed E-state index contributed by atoms with van der Waals surface area (Å²) in [5.74, 6) is -8.17. The van der Waals surface area contributed by atoms with Gasteiger partial charge in [-0.15, -0.1) is 0 Å². The second-order valence-corrected chi connectivity index (χ2v) is 7.82. The van der Waals surface area contributed by atoms with E-state index in [9.17, 15) is 18.4 Å². The van der Waals surface area contributed by atoms with Crippen molar-refractivity contribution in [1.82, 2.24) is 4.90 Å². The van der Waals surface area contributed by atoms with E-state index >= 15 is 8.78 Å². The molecule has 164 valence electrons. The van der Waals surface area contributed by atoms with Gasteiger partial charge < -0.3 is 15.0 Å². The highest BCUT2D eigenvalue weighted by Crippen LogP contribution is 2.38. The SMILES string of the molecule is Cc1cc(NC(=O)c2ccc(F)c(C(F)(F)C(=O)N3[C@@H]4CC[C@H]3COC4)c2)ccc1F. The van der Waals surface area contributed by atoms with E-state index in [1.165, 1.54) is 19.1 Å². The molecule has 0 aliphatic carbocycles. The fraction of sp³-hybridized carbons (Fsp3) is 0.364. The van der Waals surface area contributed by atoms with Crippen LogP contribution in [0.2, 0.25) is 0 Å². The van der Waals surface area contributed by atoms with Crippen molar-refractivity contribution >= 4 is 17.5 Å². The number of nitrogens with zero attached hydrogens (tertiary/aromatic N) is 1. The predicted octanol–water partition coefficient (Wildman–Crippen LogP) is 4.01. The Morgan fingerprint density at radius 1 is 1.03 bits per heavy atom. The Kier molecular flexibility index (Phi) is 5.47. The summed E-state index contributed by atoms with van der Waals surface area (Å²) in [5.41, 5.74) is -0.875. The van der Waals surface area contributed by atoms with Gasteiger partial charge in [-0.05, 0) is 61.7 Å². The third-order valence-electron chi connectivity index (χ3n) is 5.73. The summed E-state index contributed by atoms with van der Waals surface area (Å²) in [5, 5.41) is 2.46. The Hall–Kier alpha value is -2.94. The summed E-state index contributed by atoms with van der Waals surface area (Å²) < 4.78 is 63.2. The number of alkyl halides is 2. The fourth-order valence-electron chi connectivity index (χ4n) is 4.07. The lowest BCUT2D eigenvalue weighted by molar-refractivity contribution is -0.169. The van der Waals surface area contributed by atoms with Crippen LogP contribution in [0.5, 0.6) is 0 Å². The Labute approximate surface area is 176 Å². The van der Waals surface area contributed by atoms with Crippen LogP contribution in [0.25, 0.3) is 0 Å². The number of anilines is 1. The number of hydrogen-bond acceptors (Lipinski definition) is 3. The van der Waals surface area contributed by atoms with E-state index in [1.54, 1.807) is 0 Å². The summed E-state index contributed by atoms with van der Waals surface area (Å²) >= 11 is 0. The second-order valence-electron chi connectivity index (χ2n) is 7.82. The number of halogens is 4. The first-order valence-electron chi connectivity index (χ1n) is 9.84. The molecule has 0 aromatic heterocycles.